The topological polar surface area (TPSA) is 63.0 Å². The van der Waals surface area contributed by atoms with Crippen molar-refractivity contribution >= 4 is 23.2 Å². The number of para-hydroxylation sites is 1. The van der Waals surface area contributed by atoms with Gasteiger partial charge in [-0.1, -0.05) is 25.1 Å². The lowest BCUT2D eigenvalue weighted by atomic mass is 10.00. The van der Waals surface area contributed by atoms with Crippen molar-refractivity contribution in [3.8, 4) is 5.75 Å². The van der Waals surface area contributed by atoms with Crippen LogP contribution in [0.25, 0.3) is 0 Å². The van der Waals surface area contributed by atoms with Crippen LogP contribution < -0.4 is 4.74 Å². The maximum absolute atomic E-state index is 13.5. The highest BCUT2D eigenvalue weighted by Crippen LogP contribution is 2.34. The zero-order chi connectivity index (χ0) is 22.5. The van der Waals surface area contributed by atoms with Crippen LogP contribution in [-0.2, 0) is 11.2 Å². The van der Waals surface area contributed by atoms with Crippen LogP contribution in [0.4, 0.5) is 0 Å². The first-order valence-corrected chi connectivity index (χ1v) is 11.8. The summed E-state index contributed by atoms with van der Waals surface area (Å²) in [6, 6.07) is 14.8. The number of benzene rings is 1. The predicted octanol–water partition coefficient (Wildman–Crippen LogP) is 4.79. The Morgan fingerprint density at radius 1 is 1.22 bits per heavy atom. The van der Waals surface area contributed by atoms with E-state index in [0.717, 1.165) is 24.2 Å². The van der Waals surface area contributed by atoms with Crippen molar-refractivity contribution in [2.75, 3.05) is 19.7 Å². The van der Waals surface area contributed by atoms with Gasteiger partial charge in [0.05, 0.1) is 12.3 Å². The van der Waals surface area contributed by atoms with Crippen molar-refractivity contribution in [3.05, 3.63) is 76.4 Å². The summed E-state index contributed by atoms with van der Waals surface area (Å²) >= 11 is 1.72. The highest BCUT2D eigenvalue weighted by molar-refractivity contribution is 7.10. The largest absolute Gasteiger partial charge is 0.491 e. The van der Waals surface area contributed by atoms with E-state index in [-0.39, 0.29) is 36.2 Å². The van der Waals surface area contributed by atoms with Crippen molar-refractivity contribution in [1.29, 1.82) is 0 Å². The summed E-state index contributed by atoms with van der Waals surface area (Å²) in [5, 5.41) is 2.07. The van der Waals surface area contributed by atoms with Gasteiger partial charge in [-0.3, -0.25) is 9.59 Å². The van der Waals surface area contributed by atoms with Gasteiger partial charge in [-0.2, -0.15) is 0 Å². The summed E-state index contributed by atoms with van der Waals surface area (Å²) in [5.41, 5.74) is 1.14. The van der Waals surface area contributed by atoms with Gasteiger partial charge in [-0.25, -0.2) is 0 Å². The Kier molecular flexibility index (Phi) is 6.95. The molecule has 0 fully saturated rings. The van der Waals surface area contributed by atoms with E-state index >= 15 is 0 Å². The van der Waals surface area contributed by atoms with E-state index in [1.807, 2.05) is 49.1 Å². The Labute approximate surface area is 192 Å². The third-order valence-electron chi connectivity index (χ3n) is 5.99. The van der Waals surface area contributed by atoms with Gasteiger partial charge in [0.1, 0.15) is 18.9 Å². The van der Waals surface area contributed by atoms with Gasteiger partial charge < -0.3 is 19.0 Å². The molecule has 2 amide bonds. The van der Waals surface area contributed by atoms with Gasteiger partial charge >= 0.3 is 0 Å². The van der Waals surface area contributed by atoms with E-state index in [9.17, 15) is 9.59 Å². The summed E-state index contributed by atoms with van der Waals surface area (Å²) in [4.78, 5) is 31.3. The molecule has 0 unspecified atom stereocenters. The lowest BCUT2D eigenvalue weighted by molar-refractivity contribution is -0.136. The van der Waals surface area contributed by atoms with Crippen LogP contribution in [0.1, 0.15) is 47.3 Å². The lowest BCUT2D eigenvalue weighted by Crippen LogP contribution is -2.49. The highest BCUT2D eigenvalue weighted by Gasteiger charge is 2.34. The summed E-state index contributed by atoms with van der Waals surface area (Å²) < 4.78 is 11.4. The van der Waals surface area contributed by atoms with E-state index in [1.54, 1.807) is 28.4 Å². The molecule has 1 aliphatic rings. The molecule has 0 saturated carbocycles. The average Bonchev–Trinajstić information content (AvgIpc) is 3.53. The van der Waals surface area contributed by atoms with Crippen molar-refractivity contribution in [2.24, 2.45) is 0 Å². The quantitative estimate of drug-likeness (QED) is 0.493. The number of nitrogens with zero attached hydrogens (tertiary/aromatic N) is 2. The summed E-state index contributed by atoms with van der Waals surface area (Å²) in [5.74, 6) is 0.684. The number of furan rings is 1. The standard InChI is InChI=1S/C25H28N2O4S/c1-3-18(2)27(25(29)22-10-7-14-30-22)16-24(28)26-13-11-23-20(12-15-32-23)21(26)17-31-19-8-5-4-6-9-19/h4-10,12,14-15,18,21H,3,11,13,16-17H2,1-2H3/t18-,21-/m1/s1. The van der Waals surface area contributed by atoms with E-state index in [4.69, 9.17) is 9.15 Å². The third kappa shape index (κ3) is 4.72. The highest BCUT2D eigenvalue weighted by atomic mass is 32.1. The fraction of sp³-hybridized carbons (Fsp3) is 0.360. The molecule has 2 aromatic heterocycles. The molecule has 0 radical (unpaired) electrons. The molecule has 0 bridgehead atoms. The van der Waals surface area contributed by atoms with Crippen LogP contribution in [0.5, 0.6) is 5.75 Å². The van der Waals surface area contributed by atoms with Gasteiger partial charge in [-0.05, 0) is 61.0 Å². The van der Waals surface area contributed by atoms with Crippen LogP contribution >= 0.6 is 11.3 Å². The molecule has 7 heteroatoms. The van der Waals surface area contributed by atoms with Crippen molar-refractivity contribution in [1.82, 2.24) is 9.80 Å². The van der Waals surface area contributed by atoms with Gasteiger partial charge in [0.25, 0.3) is 5.91 Å². The van der Waals surface area contributed by atoms with Crippen LogP contribution in [0.2, 0.25) is 0 Å². The number of carbonyl (C=O) groups excluding carboxylic acids is 2. The maximum Gasteiger partial charge on any atom is 0.290 e. The smallest absolute Gasteiger partial charge is 0.290 e. The number of rotatable bonds is 8. The molecular weight excluding hydrogens is 424 g/mol. The first-order valence-electron chi connectivity index (χ1n) is 11.0. The second kappa shape index (κ2) is 10.0. The molecule has 0 N–H and O–H groups in total. The first-order chi connectivity index (χ1) is 15.6. The van der Waals surface area contributed by atoms with Gasteiger partial charge in [-0.15, -0.1) is 11.3 Å². The van der Waals surface area contributed by atoms with E-state index in [2.05, 4.69) is 11.4 Å². The van der Waals surface area contributed by atoms with Gasteiger partial charge in [0.2, 0.25) is 5.91 Å². The number of amides is 2. The number of hydrogen-bond acceptors (Lipinski definition) is 5. The van der Waals surface area contributed by atoms with Crippen LogP contribution in [0.15, 0.2) is 64.6 Å². The molecule has 0 aliphatic carbocycles. The minimum Gasteiger partial charge on any atom is -0.491 e. The monoisotopic (exact) mass is 452 g/mol. The Morgan fingerprint density at radius 2 is 2.03 bits per heavy atom. The number of fused-ring (bicyclic) bond motifs is 1. The summed E-state index contributed by atoms with van der Waals surface area (Å²) in [6.07, 6.45) is 3.04. The molecule has 4 rings (SSSR count). The molecule has 168 valence electrons. The lowest BCUT2D eigenvalue weighted by Gasteiger charge is -2.37. The molecule has 3 aromatic rings. The van der Waals surface area contributed by atoms with Gasteiger partial charge in [0.15, 0.2) is 5.76 Å². The molecule has 0 spiro atoms. The maximum atomic E-state index is 13.5. The van der Waals surface area contributed by atoms with Gasteiger partial charge in [0, 0.05) is 17.5 Å². The fourth-order valence-electron chi connectivity index (χ4n) is 3.99. The number of carbonyl (C=O) groups is 2. The zero-order valence-electron chi connectivity index (χ0n) is 18.4. The van der Waals surface area contributed by atoms with E-state index in [1.165, 1.54) is 11.1 Å². The minimum atomic E-state index is -0.261. The second-order valence-corrected chi connectivity index (χ2v) is 8.94. The Balaban J connectivity index is 1.53. The van der Waals surface area contributed by atoms with Crippen molar-refractivity contribution in [2.45, 2.75) is 38.8 Å². The molecule has 6 nitrogen and oxygen atoms in total. The molecule has 3 heterocycles. The van der Waals surface area contributed by atoms with Crippen LogP contribution in [0.3, 0.4) is 0 Å². The Hall–Kier alpha value is -3.06. The predicted molar refractivity (Wildman–Crippen MR) is 124 cm³/mol. The molecule has 1 aliphatic heterocycles. The number of thiophene rings is 1. The second-order valence-electron chi connectivity index (χ2n) is 7.94. The van der Waals surface area contributed by atoms with E-state index < -0.39 is 0 Å². The average molecular weight is 453 g/mol. The molecule has 0 saturated heterocycles. The van der Waals surface area contributed by atoms with Crippen molar-refractivity contribution < 1.29 is 18.7 Å². The minimum absolute atomic E-state index is 0.00977. The molecular formula is C25H28N2O4S. The normalized spacial score (nSPS) is 16.3. The molecule has 32 heavy (non-hydrogen) atoms. The Morgan fingerprint density at radius 3 is 2.75 bits per heavy atom. The third-order valence-corrected chi connectivity index (χ3v) is 6.98. The summed E-state index contributed by atoms with van der Waals surface area (Å²) in [6.45, 7) is 4.95. The Bertz CT molecular complexity index is 1030. The van der Waals surface area contributed by atoms with Crippen molar-refractivity contribution in [3.63, 3.8) is 0 Å². The SMILES string of the molecule is CC[C@@H](C)N(CC(=O)N1CCc2sccc2[C@H]1COc1ccccc1)C(=O)c1ccco1. The van der Waals surface area contributed by atoms with Crippen LogP contribution in [-0.4, -0.2) is 47.4 Å². The van der Waals surface area contributed by atoms with Crippen LogP contribution in [0, 0.1) is 0 Å². The molecule has 1 aromatic carbocycles. The zero-order valence-corrected chi connectivity index (χ0v) is 19.2. The summed E-state index contributed by atoms with van der Waals surface area (Å²) in [7, 11) is 0. The molecule has 2 atom stereocenters. The first kappa shape index (κ1) is 22.1. The fourth-order valence-corrected chi connectivity index (χ4v) is 4.92. The number of hydrogen-bond donors (Lipinski definition) is 0. The van der Waals surface area contributed by atoms with E-state index in [0.29, 0.717) is 13.2 Å². The number of ether oxygens (including phenoxy) is 1.